The van der Waals surface area contributed by atoms with Crippen LogP contribution in [0.3, 0.4) is 0 Å². The maximum Gasteiger partial charge on any atom is 0.108 e. The quantitative estimate of drug-likeness (QED) is 0.800. The number of hydrogen-bond acceptors (Lipinski definition) is 1. The fraction of sp³-hybridized carbons (Fsp3) is 0.700. The summed E-state index contributed by atoms with van der Waals surface area (Å²) in [5, 5.41) is 0. The summed E-state index contributed by atoms with van der Waals surface area (Å²) in [6.45, 7) is 6.51. The van der Waals surface area contributed by atoms with Crippen LogP contribution in [0.1, 0.15) is 31.8 Å². The molecule has 0 saturated heterocycles. The summed E-state index contributed by atoms with van der Waals surface area (Å²) in [6.07, 6.45) is 2.27. The molecule has 3 heteroatoms. The van der Waals surface area contributed by atoms with Crippen LogP contribution in [0.25, 0.3) is 0 Å². The van der Waals surface area contributed by atoms with Crippen molar-refractivity contribution in [3.8, 4) is 0 Å². The molecule has 0 amide bonds. The summed E-state index contributed by atoms with van der Waals surface area (Å²) in [7, 11) is 2.03. The van der Waals surface area contributed by atoms with Gasteiger partial charge in [-0.1, -0.05) is 13.8 Å². The molecule has 1 heterocycles. The van der Waals surface area contributed by atoms with Crippen molar-refractivity contribution in [1.82, 2.24) is 9.55 Å². The van der Waals surface area contributed by atoms with Gasteiger partial charge in [0.25, 0.3) is 0 Å². The Morgan fingerprint density at radius 1 is 1.46 bits per heavy atom. The van der Waals surface area contributed by atoms with Gasteiger partial charge in [-0.3, -0.25) is 0 Å². The van der Waals surface area contributed by atoms with Crippen LogP contribution >= 0.6 is 15.9 Å². The first kappa shape index (κ1) is 10.8. The highest BCUT2D eigenvalue weighted by atomic mass is 79.9. The molecule has 0 aliphatic heterocycles. The molecule has 0 saturated carbocycles. The largest absolute Gasteiger partial charge is 0.326 e. The molecule has 1 aromatic rings. The lowest BCUT2D eigenvalue weighted by atomic mass is 10.1. The van der Waals surface area contributed by atoms with Crippen LogP contribution < -0.4 is 0 Å². The second-order valence-electron chi connectivity index (χ2n) is 3.89. The summed E-state index contributed by atoms with van der Waals surface area (Å²) in [5.74, 6) is 1.82. The molecule has 0 N–H and O–H groups in total. The van der Waals surface area contributed by atoms with Gasteiger partial charge in [0.1, 0.15) is 10.4 Å². The normalized spacial score (nSPS) is 11.2. The van der Waals surface area contributed by atoms with Crippen molar-refractivity contribution in [3.63, 3.8) is 0 Å². The molecule has 0 spiro atoms. The third-order valence-corrected chi connectivity index (χ3v) is 3.26. The molecule has 1 rings (SSSR count). The number of halogens is 1. The Morgan fingerprint density at radius 3 is 2.46 bits per heavy atom. The number of hydrogen-bond donors (Lipinski definition) is 0. The van der Waals surface area contributed by atoms with E-state index < -0.39 is 0 Å². The van der Waals surface area contributed by atoms with Gasteiger partial charge in [-0.2, -0.15) is 0 Å². The summed E-state index contributed by atoms with van der Waals surface area (Å²) in [5.41, 5.74) is 1.19. The zero-order valence-corrected chi connectivity index (χ0v) is 10.3. The van der Waals surface area contributed by atoms with E-state index in [0.29, 0.717) is 0 Å². The van der Waals surface area contributed by atoms with Gasteiger partial charge < -0.3 is 4.57 Å². The van der Waals surface area contributed by atoms with E-state index in [0.717, 1.165) is 22.8 Å². The Morgan fingerprint density at radius 2 is 2.08 bits per heavy atom. The number of aromatic nitrogens is 2. The molecule has 13 heavy (non-hydrogen) atoms. The molecule has 1 aromatic heterocycles. The molecule has 0 unspecified atom stereocenters. The SMILES string of the molecule is Cc1nc(CCC(C)C)c(Br)n1C. The highest BCUT2D eigenvalue weighted by molar-refractivity contribution is 9.10. The van der Waals surface area contributed by atoms with Crippen LogP contribution in [0.4, 0.5) is 0 Å². The highest BCUT2D eigenvalue weighted by Crippen LogP contribution is 2.19. The lowest BCUT2D eigenvalue weighted by molar-refractivity contribution is 0.581. The Kier molecular flexibility index (Phi) is 3.54. The van der Waals surface area contributed by atoms with Crippen molar-refractivity contribution >= 4 is 15.9 Å². The third kappa shape index (κ3) is 2.56. The van der Waals surface area contributed by atoms with E-state index >= 15 is 0 Å². The molecule has 2 nitrogen and oxygen atoms in total. The van der Waals surface area contributed by atoms with Gasteiger partial charge in [0.15, 0.2) is 0 Å². The maximum atomic E-state index is 4.50. The molecule has 0 aliphatic carbocycles. The minimum Gasteiger partial charge on any atom is -0.326 e. The van der Waals surface area contributed by atoms with Crippen molar-refractivity contribution in [1.29, 1.82) is 0 Å². The second-order valence-corrected chi connectivity index (χ2v) is 4.64. The van der Waals surface area contributed by atoms with Crippen LogP contribution in [0.15, 0.2) is 4.60 Å². The van der Waals surface area contributed by atoms with E-state index in [1.807, 2.05) is 14.0 Å². The predicted molar refractivity (Wildman–Crippen MR) is 58.8 cm³/mol. The van der Waals surface area contributed by atoms with E-state index in [4.69, 9.17) is 0 Å². The molecule has 0 atom stereocenters. The van der Waals surface area contributed by atoms with Gasteiger partial charge in [-0.25, -0.2) is 4.98 Å². The van der Waals surface area contributed by atoms with Gasteiger partial charge in [-0.15, -0.1) is 0 Å². The highest BCUT2D eigenvalue weighted by Gasteiger charge is 2.09. The van der Waals surface area contributed by atoms with E-state index in [1.165, 1.54) is 12.1 Å². The molecule has 0 fully saturated rings. The third-order valence-electron chi connectivity index (χ3n) is 2.27. The molecule has 0 radical (unpaired) electrons. The minimum atomic E-state index is 0.745. The van der Waals surface area contributed by atoms with Crippen molar-refractivity contribution in [2.75, 3.05) is 0 Å². The fourth-order valence-corrected chi connectivity index (χ4v) is 1.78. The first-order valence-electron chi connectivity index (χ1n) is 4.70. The van der Waals surface area contributed by atoms with Crippen LogP contribution in [-0.4, -0.2) is 9.55 Å². The smallest absolute Gasteiger partial charge is 0.108 e. The number of nitrogens with zero attached hydrogens (tertiary/aromatic N) is 2. The van der Waals surface area contributed by atoms with E-state index in [2.05, 4.69) is 39.3 Å². The topological polar surface area (TPSA) is 17.8 Å². The molecular formula is C10H17BrN2. The molecule has 0 bridgehead atoms. The van der Waals surface area contributed by atoms with E-state index in [9.17, 15) is 0 Å². The zero-order chi connectivity index (χ0) is 10.0. The van der Waals surface area contributed by atoms with Gasteiger partial charge in [0, 0.05) is 7.05 Å². The first-order valence-corrected chi connectivity index (χ1v) is 5.49. The lowest BCUT2D eigenvalue weighted by Gasteiger charge is -2.02. The van der Waals surface area contributed by atoms with Gasteiger partial charge in [-0.05, 0) is 41.6 Å². The maximum absolute atomic E-state index is 4.50. The van der Waals surface area contributed by atoms with Crippen molar-refractivity contribution in [2.45, 2.75) is 33.6 Å². The molecule has 0 aliphatic rings. The summed E-state index contributed by atoms with van der Waals surface area (Å²) in [6, 6.07) is 0. The van der Waals surface area contributed by atoms with Crippen molar-refractivity contribution in [3.05, 3.63) is 16.1 Å². The Labute approximate surface area is 88.5 Å². The fourth-order valence-electron chi connectivity index (χ4n) is 1.24. The Bertz CT molecular complexity index is 289. The average molecular weight is 245 g/mol. The number of imidazole rings is 1. The van der Waals surface area contributed by atoms with E-state index in [1.54, 1.807) is 0 Å². The Hall–Kier alpha value is -0.310. The standard InChI is InChI=1S/C10H17BrN2/c1-7(2)5-6-9-10(11)13(4)8(3)12-9/h7H,5-6H2,1-4H3. The monoisotopic (exact) mass is 244 g/mol. The van der Waals surface area contributed by atoms with Gasteiger partial charge in [0.05, 0.1) is 5.69 Å². The minimum absolute atomic E-state index is 0.745. The van der Waals surface area contributed by atoms with Crippen LogP contribution in [0.5, 0.6) is 0 Å². The van der Waals surface area contributed by atoms with Crippen molar-refractivity contribution < 1.29 is 0 Å². The zero-order valence-electron chi connectivity index (χ0n) is 8.76. The molecule has 0 aromatic carbocycles. The van der Waals surface area contributed by atoms with Crippen LogP contribution in [0.2, 0.25) is 0 Å². The van der Waals surface area contributed by atoms with Crippen molar-refractivity contribution in [2.24, 2.45) is 13.0 Å². The summed E-state index contributed by atoms with van der Waals surface area (Å²) >= 11 is 3.55. The lowest BCUT2D eigenvalue weighted by Crippen LogP contribution is -1.94. The second kappa shape index (κ2) is 4.27. The van der Waals surface area contributed by atoms with E-state index in [-0.39, 0.29) is 0 Å². The number of aryl methyl sites for hydroxylation is 2. The van der Waals surface area contributed by atoms with Gasteiger partial charge in [0.2, 0.25) is 0 Å². The van der Waals surface area contributed by atoms with Crippen LogP contribution in [-0.2, 0) is 13.5 Å². The number of rotatable bonds is 3. The summed E-state index contributed by atoms with van der Waals surface area (Å²) < 4.78 is 3.21. The average Bonchev–Trinajstić information content (AvgIpc) is 2.29. The van der Waals surface area contributed by atoms with Crippen LogP contribution in [0, 0.1) is 12.8 Å². The Balaban J connectivity index is 2.72. The molecule has 74 valence electrons. The van der Waals surface area contributed by atoms with Gasteiger partial charge >= 0.3 is 0 Å². The predicted octanol–water partition coefficient (Wildman–Crippen LogP) is 3.08. The summed E-state index contributed by atoms with van der Waals surface area (Å²) in [4.78, 5) is 4.50. The molecular weight excluding hydrogens is 228 g/mol. The first-order chi connectivity index (χ1) is 6.02.